The molecule has 5 N–H and O–H groups in total. The minimum atomic E-state index is -0.364. The maximum absolute atomic E-state index is 14.9. The molecule has 2 atom stereocenters. The molecule has 1 aliphatic carbocycles. The third-order valence-electron chi connectivity index (χ3n) is 6.24. The molecular weight excluding hydrogens is 429 g/mol. The number of fused-ring (bicyclic) bond motifs is 1. The van der Waals surface area contributed by atoms with Crippen molar-refractivity contribution in [3.05, 3.63) is 29.6 Å². The van der Waals surface area contributed by atoms with E-state index in [9.17, 15) is 9.18 Å². The highest BCUT2D eigenvalue weighted by Crippen LogP contribution is 2.32. The number of nitrogens with one attached hydrogen (secondary N) is 3. The first-order valence-electron chi connectivity index (χ1n) is 11.3. The Kier molecular flexibility index (Phi) is 6.14. The van der Waals surface area contributed by atoms with Crippen LogP contribution in [-0.2, 0) is 4.74 Å². The van der Waals surface area contributed by atoms with Crippen LogP contribution in [0, 0.1) is 5.82 Å². The summed E-state index contributed by atoms with van der Waals surface area (Å²) in [6, 6.07) is 4.90. The fraction of sp³-hybridized carbons (Fsp3) is 0.500. The highest BCUT2D eigenvalue weighted by molar-refractivity contribution is 6.02. The predicted octanol–water partition coefficient (Wildman–Crippen LogP) is 1.96. The van der Waals surface area contributed by atoms with Gasteiger partial charge in [0.2, 0.25) is 11.8 Å². The summed E-state index contributed by atoms with van der Waals surface area (Å²) < 4.78 is 25.8. The van der Waals surface area contributed by atoms with E-state index in [1.807, 2.05) is 4.90 Å². The first-order chi connectivity index (χ1) is 16.1. The number of rotatable bonds is 5. The van der Waals surface area contributed by atoms with Gasteiger partial charge < -0.3 is 36.1 Å². The second kappa shape index (κ2) is 9.36. The number of morpholine rings is 1. The molecule has 1 saturated heterocycles. The molecule has 0 spiro atoms. The van der Waals surface area contributed by atoms with Gasteiger partial charge in [-0.05, 0) is 31.0 Å². The standard InChI is InChI=1S/C22H28FN7O3/c23-14-11-13(5-6-17(14)30-7-9-32-10-8-30)26-19-18-20(31)25-12-33-21(18)29-22(28-19)27-16-4-2-1-3-15(16)24/h5-6,11,15-16H,1-4,7-10,12,24H2,(H,25,31)(H2,26,27,28,29). The molecule has 1 aromatic carbocycles. The van der Waals surface area contributed by atoms with Crippen LogP contribution in [-0.4, -0.2) is 61.0 Å². The highest BCUT2D eigenvalue weighted by Gasteiger charge is 2.28. The number of carbonyl (C=O) groups is 1. The van der Waals surface area contributed by atoms with E-state index in [4.69, 9.17) is 15.2 Å². The molecule has 10 nitrogen and oxygen atoms in total. The number of amides is 1. The minimum Gasteiger partial charge on any atom is -0.456 e. The van der Waals surface area contributed by atoms with E-state index in [1.165, 1.54) is 6.07 Å². The van der Waals surface area contributed by atoms with Crippen LogP contribution in [0.25, 0.3) is 0 Å². The van der Waals surface area contributed by atoms with Crippen molar-refractivity contribution in [2.24, 2.45) is 5.73 Å². The summed E-state index contributed by atoms with van der Waals surface area (Å²) in [5.74, 6) is 0.0111. The largest absolute Gasteiger partial charge is 0.456 e. The zero-order chi connectivity index (χ0) is 22.8. The molecule has 3 heterocycles. The maximum Gasteiger partial charge on any atom is 0.263 e. The number of aromatic nitrogens is 2. The van der Waals surface area contributed by atoms with E-state index in [0.29, 0.717) is 43.6 Å². The van der Waals surface area contributed by atoms with Crippen LogP contribution in [0.2, 0.25) is 0 Å². The molecule has 0 bridgehead atoms. The van der Waals surface area contributed by atoms with Gasteiger partial charge in [-0.2, -0.15) is 9.97 Å². The number of hydrogen-bond donors (Lipinski definition) is 4. The van der Waals surface area contributed by atoms with E-state index in [-0.39, 0.29) is 47.8 Å². The highest BCUT2D eigenvalue weighted by atomic mass is 19.1. The van der Waals surface area contributed by atoms with E-state index in [0.717, 1.165) is 25.7 Å². The van der Waals surface area contributed by atoms with Crippen molar-refractivity contribution >= 4 is 29.0 Å². The average molecular weight is 458 g/mol. The monoisotopic (exact) mass is 457 g/mol. The van der Waals surface area contributed by atoms with Crippen LogP contribution in [0.15, 0.2) is 18.2 Å². The number of benzene rings is 1. The minimum absolute atomic E-state index is 0.000774. The number of halogens is 1. The number of nitrogens with zero attached hydrogens (tertiary/aromatic N) is 3. The number of ether oxygens (including phenoxy) is 2. The van der Waals surface area contributed by atoms with Crippen molar-refractivity contribution in [1.82, 2.24) is 15.3 Å². The Morgan fingerprint density at radius 3 is 2.79 bits per heavy atom. The van der Waals surface area contributed by atoms with E-state index in [2.05, 4.69) is 25.9 Å². The van der Waals surface area contributed by atoms with Gasteiger partial charge in [-0.15, -0.1) is 0 Å². The van der Waals surface area contributed by atoms with Gasteiger partial charge in [0.1, 0.15) is 11.4 Å². The van der Waals surface area contributed by atoms with Crippen molar-refractivity contribution in [3.63, 3.8) is 0 Å². The van der Waals surface area contributed by atoms with Crippen molar-refractivity contribution in [1.29, 1.82) is 0 Å². The summed E-state index contributed by atoms with van der Waals surface area (Å²) in [5, 5.41) is 8.99. The lowest BCUT2D eigenvalue weighted by atomic mass is 9.91. The van der Waals surface area contributed by atoms with E-state index >= 15 is 0 Å². The predicted molar refractivity (Wildman–Crippen MR) is 122 cm³/mol. The second-order valence-electron chi connectivity index (χ2n) is 8.46. The second-order valence-corrected chi connectivity index (χ2v) is 8.46. The molecule has 176 valence electrons. The quantitative estimate of drug-likeness (QED) is 0.533. The van der Waals surface area contributed by atoms with Crippen LogP contribution in [0.5, 0.6) is 5.88 Å². The number of anilines is 4. The van der Waals surface area contributed by atoms with Gasteiger partial charge in [-0.3, -0.25) is 4.79 Å². The third-order valence-corrected chi connectivity index (χ3v) is 6.24. The lowest BCUT2D eigenvalue weighted by molar-refractivity contribution is 0.0879. The van der Waals surface area contributed by atoms with Gasteiger partial charge in [0, 0.05) is 30.9 Å². The molecule has 3 aliphatic rings. The molecule has 5 rings (SSSR count). The summed E-state index contributed by atoms with van der Waals surface area (Å²) in [6.45, 7) is 2.44. The first kappa shape index (κ1) is 21.7. The van der Waals surface area contributed by atoms with Gasteiger partial charge in [0.15, 0.2) is 12.5 Å². The van der Waals surface area contributed by atoms with Gasteiger partial charge in [0.05, 0.1) is 18.9 Å². The Morgan fingerprint density at radius 2 is 2.00 bits per heavy atom. The summed E-state index contributed by atoms with van der Waals surface area (Å²) in [6.07, 6.45) is 4.03. The van der Waals surface area contributed by atoms with Gasteiger partial charge >= 0.3 is 0 Å². The number of hydrogen-bond acceptors (Lipinski definition) is 9. The zero-order valence-corrected chi connectivity index (χ0v) is 18.3. The molecule has 33 heavy (non-hydrogen) atoms. The molecule has 2 aliphatic heterocycles. The van der Waals surface area contributed by atoms with Crippen LogP contribution < -0.4 is 31.3 Å². The molecule has 1 saturated carbocycles. The van der Waals surface area contributed by atoms with Crippen LogP contribution in [0.1, 0.15) is 36.0 Å². The molecule has 2 unspecified atom stereocenters. The lowest BCUT2D eigenvalue weighted by Crippen LogP contribution is -2.43. The molecule has 1 aromatic heterocycles. The molecule has 1 amide bonds. The average Bonchev–Trinajstić information content (AvgIpc) is 2.81. The number of carbonyl (C=O) groups excluding carboxylic acids is 1. The van der Waals surface area contributed by atoms with Gasteiger partial charge in [-0.1, -0.05) is 12.8 Å². The Morgan fingerprint density at radius 1 is 1.18 bits per heavy atom. The first-order valence-corrected chi connectivity index (χ1v) is 11.3. The van der Waals surface area contributed by atoms with Crippen LogP contribution in [0.4, 0.5) is 27.5 Å². The summed E-state index contributed by atoms with van der Waals surface area (Å²) in [7, 11) is 0. The topological polar surface area (TPSA) is 127 Å². The van der Waals surface area contributed by atoms with Gasteiger partial charge in [0.25, 0.3) is 5.91 Å². The maximum atomic E-state index is 14.9. The molecule has 2 fully saturated rings. The third kappa shape index (κ3) is 4.64. The molecule has 0 radical (unpaired) electrons. The van der Waals surface area contributed by atoms with Crippen molar-refractivity contribution in [2.45, 2.75) is 37.8 Å². The fourth-order valence-electron chi connectivity index (χ4n) is 4.45. The fourth-order valence-corrected chi connectivity index (χ4v) is 4.45. The Hall–Kier alpha value is -3.18. The normalized spacial score (nSPS) is 22.7. The van der Waals surface area contributed by atoms with E-state index in [1.54, 1.807) is 12.1 Å². The molecular formula is C22H28FN7O3. The van der Waals surface area contributed by atoms with Crippen LogP contribution >= 0.6 is 0 Å². The SMILES string of the molecule is NC1CCCCC1Nc1nc(Nc2ccc(N3CCOCC3)c(F)c2)c2c(n1)OCNC2=O. The Balaban J connectivity index is 1.42. The molecule has 2 aromatic rings. The summed E-state index contributed by atoms with van der Waals surface area (Å²) in [5.41, 5.74) is 7.42. The van der Waals surface area contributed by atoms with E-state index < -0.39 is 0 Å². The smallest absolute Gasteiger partial charge is 0.263 e. The summed E-state index contributed by atoms with van der Waals surface area (Å²) >= 11 is 0. The Labute approximate surface area is 191 Å². The zero-order valence-electron chi connectivity index (χ0n) is 18.3. The summed E-state index contributed by atoms with van der Waals surface area (Å²) in [4.78, 5) is 23.4. The van der Waals surface area contributed by atoms with Crippen LogP contribution in [0.3, 0.4) is 0 Å². The van der Waals surface area contributed by atoms with Crippen molar-refractivity contribution in [3.8, 4) is 5.88 Å². The number of nitrogens with two attached hydrogens (primary N) is 1. The Bertz CT molecular complexity index is 1030. The van der Waals surface area contributed by atoms with Crippen molar-refractivity contribution in [2.75, 3.05) is 48.6 Å². The lowest BCUT2D eigenvalue weighted by Gasteiger charge is -2.30. The van der Waals surface area contributed by atoms with Gasteiger partial charge in [-0.25, -0.2) is 4.39 Å². The molecule has 11 heteroatoms. The van der Waals surface area contributed by atoms with Crippen molar-refractivity contribution < 1.29 is 18.7 Å².